The summed E-state index contributed by atoms with van der Waals surface area (Å²) in [7, 11) is 0. The van der Waals surface area contributed by atoms with Gasteiger partial charge in [-0.3, -0.25) is 19.8 Å². The highest BCUT2D eigenvalue weighted by atomic mass is 16.2. The maximum atomic E-state index is 12.2. The average Bonchev–Trinajstić information content (AvgIpc) is 2.44. The highest BCUT2D eigenvalue weighted by Gasteiger charge is 2.30. The van der Waals surface area contributed by atoms with E-state index in [1.807, 2.05) is 44.4 Å². The molecule has 0 radical (unpaired) electrons. The van der Waals surface area contributed by atoms with Gasteiger partial charge in [-0.1, -0.05) is 34.6 Å². The number of imide groups is 1. The second-order valence-corrected chi connectivity index (χ2v) is 7.47. The molecule has 4 amide bonds. The van der Waals surface area contributed by atoms with Crippen molar-refractivity contribution in [3.05, 3.63) is 0 Å². The molecule has 7 heteroatoms. The first-order chi connectivity index (χ1) is 10.6. The third kappa shape index (κ3) is 6.99. The van der Waals surface area contributed by atoms with E-state index in [2.05, 4.69) is 10.6 Å². The number of hydrogen-bond acceptors (Lipinski definition) is 4. The van der Waals surface area contributed by atoms with E-state index < -0.39 is 6.03 Å². The molecular formula is C16H30N4O3. The molecule has 0 aromatic heterocycles. The summed E-state index contributed by atoms with van der Waals surface area (Å²) in [5.74, 6) is 0.154. The minimum Gasteiger partial charge on any atom is -0.340 e. The standard InChI is InChI=1S/C16H30N4O3/c1-12(2)10-17-15(23)18-13(21)11-19-6-8-20(9-7-19)14(22)16(3,4)5/h12H,6-11H2,1-5H3,(H2,17,18,21,23). The summed E-state index contributed by atoms with van der Waals surface area (Å²) in [4.78, 5) is 39.4. The molecule has 0 bridgehead atoms. The van der Waals surface area contributed by atoms with Crippen LogP contribution in [0.1, 0.15) is 34.6 Å². The molecule has 1 saturated heterocycles. The van der Waals surface area contributed by atoms with Gasteiger partial charge in [0.2, 0.25) is 11.8 Å². The first kappa shape index (κ1) is 19.4. The molecule has 0 aromatic carbocycles. The smallest absolute Gasteiger partial charge is 0.321 e. The van der Waals surface area contributed by atoms with Crippen LogP contribution in [0.5, 0.6) is 0 Å². The molecule has 1 rings (SSSR count). The van der Waals surface area contributed by atoms with Crippen LogP contribution in [0, 0.1) is 11.3 Å². The summed E-state index contributed by atoms with van der Waals surface area (Å²) in [6, 6.07) is -0.453. The Morgan fingerprint density at radius 2 is 1.61 bits per heavy atom. The summed E-state index contributed by atoms with van der Waals surface area (Å²) in [6.45, 7) is 12.9. The van der Waals surface area contributed by atoms with Crippen LogP contribution in [-0.4, -0.2) is 66.9 Å². The maximum absolute atomic E-state index is 12.2. The van der Waals surface area contributed by atoms with Crippen molar-refractivity contribution in [2.75, 3.05) is 39.3 Å². The second kappa shape index (κ2) is 8.29. The van der Waals surface area contributed by atoms with E-state index in [0.717, 1.165) is 0 Å². The lowest BCUT2D eigenvalue weighted by Crippen LogP contribution is -2.54. The van der Waals surface area contributed by atoms with E-state index in [1.165, 1.54) is 0 Å². The Hall–Kier alpha value is -1.63. The van der Waals surface area contributed by atoms with E-state index >= 15 is 0 Å². The molecule has 0 atom stereocenters. The van der Waals surface area contributed by atoms with Gasteiger partial charge < -0.3 is 10.2 Å². The summed E-state index contributed by atoms with van der Waals surface area (Å²) >= 11 is 0. The van der Waals surface area contributed by atoms with E-state index in [4.69, 9.17) is 0 Å². The summed E-state index contributed by atoms with van der Waals surface area (Å²) in [6.07, 6.45) is 0. The third-order valence-corrected chi connectivity index (χ3v) is 3.59. The SMILES string of the molecule is CC(C)CNC(=O)NC(=O)CN1CCN(C(=O)C(C)(C)C)CC1. The second-order valence-electron chi connectivity index (χ2n) is 7.47. The van der Waals surface area contributed by atoms with Gasteiger partial charge in [0.25, 0.3) is 0 Å². The monoisotopic (exact) mass is 326 g/mol. The highest BCUT2D eigenvalue weighted by molar-refractivity contribution is 5.95. The van der Waals surface area contributed by atoms with Gasteiger partial charge in [0, 0.05) is 38.1 Å². The number of nitrogens with zero attached hydrogens (tertiary/aromatic N) is 2. The van der Waals surface area contributed by atoms with Gasteiger partial charge in [-0.25, -0.2) is 4.79 Å². The van der Waals surface area contributed by atoms with E-state index in [0.29, 0.717) is 38.6 Å². The number of carbonyl (C=O) groups excluding carboxylic acids is 3. The zero-order valence-electron chi connectivity index (χ0n) is 14.9. The lowest BCUT2D eigenvalue weighted by Gasteiger charge is -2.37. The highest BCUT2D eigenvalue weighted by Crippen LogP contribution is 2.18. The third-order valence-electron chi connectivity index (χ3n) is 3.59. The van der Waals surface area contributed by atoms with Crippen molar-refractivity contribution in [1.29, 1.82) is 0 Å². The van der Waals surface area contributed by atoms with Crippen molar-refractivity contribution in [2.45, 2.75) is 34.6 Å². The maximum Gasteiger partial charge on any atom is 0.321 e. The summed E-state index contributed by atoms with van der Waals surface area (Å²) < 4.78 is 0. The summed E-state index contributed by atoms with van der Waals surface area (Å²) in [5, 5.41) is 4.98. The normalized spacial score (nSPS) is 16.3. The molecule has 0 unspecified atom stereocenters. The van der Waals surface area contributed by atoms with Gasteiger partial charge in [0.05, 0.1) is 6.54 Å². The number of rotatable bonds is 4. The van der Waals surface area contributed by atoms with Crippen LogP contribution in [-0.2, 0) is 9.59 Å². The molecule has 1 aliphatic heterocycles. The molecule has 1 aliphatic rings. The number of carbonyl (C=O) groups is 3. The first-order valence-corrected chi connectivity index (χ1v) is 8.19. The molecule has 0 aromatic rings. The molecule has 1 fully saturated rings. The van der Waals surface area contributed by atoms with Crippen LogP contribution in [0.15, 0.2) is 0 Å². The minimum atomic E-state index is -0.453. The quantitative estimate of drug-likeness (QED) is 0.795. The van der Waals surface area contributed by atoms with Crippen molar-refractivity contribution >= 4 is 17.8 Å². The molecule has 0 spiro atoms. The minimum absolute atomic E-state index is 0.134. The van der Waals surface area contributed by atoms with Gasteiger partial charge in [-0.15, -0.1) is 0 Å². The van der Waals surface area contributed by atoms with Crippen LogP contribution < -0.4 is 10.6 Å². The molecule has 132 valence electrons. The Labute approximate surface area is 138 Å². The lowest BCUT2D eigenvalue weighted by atomic mass is 9.94. The molecule has 0 saturated carbocycles. The molecular weight excluding hydrogens is 296 g/mol. The predicted molar refractivity (Wildman–Crippen MR) is 88.9 cm³/mol. The fourth-order valence-corrected chi connectivity index (χ4v) is 2.29. The average molecular weight is 326 g/mol. The molecule has 7 nitrogen and oxygen atoms in total. The Bertz CT molecular complexity index is 435. The Morgan fingerprint density at radius 3 is 2.09 bits per heavy atom. The number of hydrogen-bond donors (Lipinski definition) is 2. The molecule has 0 aliphatic carbocycles. The van der Waals surface area contributed by atoms with Gasteiger partial charge in [-0.2, -0.15) is 0 Å². The van der Waals surface area contributed by atoms with Crippen LogP contribution >= 0.6 is 0 Å². The van der Waals surface area contributed by atoms with Crippen molar-refractivity contribution in [3.8, 4) is 0 Å². The first-order valence-electron chi connectivity index (χ1n) is 8.19. The van der Waals surface area contributed by atoms with Gasteiger partial charge in [-0.05, 0) is 5.92 Å². The molecule has 23 heavy (non-hydrogen) atoms. The van der Waals surface area contributed by atoms with E-state index in [-0.39, 0.29) is 23.8 Å². The van der Waals surface area contributed by atoms with E-state index in [1.54, 1.807) is 0 Å². The largest absolute Gasteiger partial charge is 0.340 e. The number of urea groups is 1. The van der Waals surface area contributed by atoms with Crippen molar-refractivity contribution in [1.82, 2.24) is 20.4 Å². The Kier molecular flexibility index (Phi) is 7.00. The van der Waals surface area contributed by atoms with Crippen molar-refractivity contribution < 1.29 is 14.4 Å². The molecule has 1 heterocycles. The van der Waals surface area contributed by atoms with Gasteiger partial charge in [0.1, 0.15) is 0 Å². The van der Waals surface area contributed by atoms with Crippen LogP contribution in [0.4, 0.5) is 4.79 Å². The Morgan fingerprint density at radius 1 is 1.04 bits per heavy atom. The van der Waals surface area contributed by atoms with Crippen LogP contribution in [0.25, 0.3) is 0 Å². The molecule has 2 N–H and O–H groups in total. The van der Waals surface area contributed by atoms with Gasteiger partial charge >= 0.3 is 6.03 Å². The zero-order valence-corrected chi connectivity index (χ0v) is 14.9. The van der Waals surface area contributed by atoms with E-state index in [9.17, 15) is 14.4 Å². The van der Waals surface area contributed by atoms with Crippen molar-refractivity contribution in [2.24, 2.45) is 11.3 Å². The number of piperazine rings is 1. The number of nitrogens with one attached hydrogen (secondary N) is 2. The summed E-state index contributed by atoms with van der Waals surface area (Å²) in [5.41, 5.74) is -0.381. The topological polar surface area (TPSA) is 81.8 Å². The predicted octanol–water partition coefficient (Wildman–Crippen LogP) is 0.659. The van der Waals surface area contributed by atoms with Crippen LogP contribution in [0.3, 0.4) is 0 Å². The zero-order chi connectivity index (χ0) is 17.6. The van der Waals surface area contributed by atoms with Crippen molar-refractivity contribution in [3.63, 3.8) is 0 Å². The fraction of sp³-hybridized carbons (Fsp3) is 0.812. The Balaban J connectivity index is 2.31. The fourth-order valence-electron chi connectivity index (χ4n) is 2.29. The van der Waals surface area contributed by atoms with Gasteiger partial charge in [0.15, 0.2) is 0 Å². The van der Waals surface area contributed by atoms with Crippen LogP contribution in [0.2, 0.25) is 0 Å². The number of amides is 4. The lowest BCUT2D eigenvalue weighted by molar-refractivity contribution is -0.141.